The first-order valence-corrected chi connectivity index (χ1v) is 5.82. The van der Waals surface area contributed by atoms with E-state index in [0.717, 1.165) is 45.6 Å². The Morgan fingerprint density at radius 2 is 2.00 bits per heavy atom. The van der Waals surface area contributed by atoms with Gasteiger partial charge in [0.05, 0.1) is 18.1 Å². The van der Waals surface area contributed by atoms with Gasteiger partial charge in [-0.1, -0.05) is 6.92 Å². The molecule has 0 amide bonds. The standard InChI is InChI=1S/C12H24N2O/c1-4-14-8-10-15-9-6-5-7-12(2,3)11-13/h14H,4-10H2,1-3H3. The Kier molecular flexibility index (Phi) is 8.35. The zero-order valence-corrected chi connectivity index (χ0v) is 10.3. The second-order valence-corrected chi connectivity index (χ2v) is 4.42. The summed E-state index contributed by atoms with van der Waals surface area (Å²) in [5, 5.41) is 12.0. The molecule has 0 saturated carbocycles. The Morgan fingerprint density at radius 1 is 1.27 bits per heavy atom. The lowest BCUT2D eigenvalue weighted by Gasteiger charge is -2.14. The number of unbranched alkanes of at least 4 members (excludes halogenated alkanes) is 1. The number of nitriles is 1. The van der Waals surface area contributed by atoms with E-state index >= 15 is 0 Å². The van der Waals surface area contributed by atoms with Crippen molar-refractivity contribution in [2.75, 3.05) is 26.3 Å². The first kappa shape index (κ1) is 14.4. The van der Waals surface area contributed by atoms with Crippen LogP contribution in [0.2, 0.25) is 0 Å². The molecular weight excluding hydrogens is 188 g/mol. The van der Waals surface area contributed by atoms with Gasteiger partial charge in [-0.25, -0.2) is 0 Å². The normalized spacial score (nSPS) is 11.3. The van der Waals surface area contributed by atoms with E-state index in [2.05, 4.69) is 18.3 Å². The van der Waals surface area contributed by atoms with E-state index in [4.69, 9.17) is 10.00 Å². The maximum atomic E-state index is 8.80. The third-order valence-electron chi connectivity index (χ3n) is 2.32. The van der Waals surface area contributed by atoms with E-state index < -0.39 is 0 Å². The van der Waals surface area contributed by atoms with Gasteiger partial charge in [-0.3, -0.25) is 0 Å². The fourth-order valence-electron chi connectivity index (χ4n) is 1.25. The first-order valence-electron chi connectivity index (χ1n) is 5.82. The molecule has 0 saturated heterocycles. The molecule has 0 heterocycles. The average molecular weight is 212 g/mol. The Balaban J connectivity index is 3.16. The minimum absolute atomic E-state index is 0.177. The molecule has 0 atom stereocenters. The summed E-state index contributed by atoms with van der Waals surface area (Å²) in [6, 6.07) is 2.31. The Bertz CT molecular complexity index is 185. The van der Waals surface area contributed by atoms with Crippen LogP contribution < -0.4 is 5.32 Å². The monoisotopic (exact) mass is 212 g/mol. The van der Waals surface area contributed by atoms with Crippen LogP contribution in [-0.2, 0) is 4.74 Å². The van der Waals surface area contributed by atoms with E-state index in [1.165, 1.54) is 0 Å². The van der Waals surface area contributed by atoms with Gasteiger partial charge in [0.1, 0.15) is 0 Å². The van der Waals surface area contributed by atoms with E-state index in [9.17, 15) is 0 Å². The summed E-state index contributed by atoms with van der Waals surface area (Å²) < 4.78 is 5.44. The number of nitrogens with one attached hydrogen (secondary N) is 1. The average Bonchev–Trinajstić information content (AvgIpc) is 2.22. The van der Waals surface area contributed by atoms with E-state index in [-0.39, 0.29) is 5.41 Å². The molecule has 0 fully saturated rings. The Morgan fingerprint density at radius 3 is 2.60 bits per heavy atom. The summed E-state index contributed by atoms with van der Waals surface area (Å²) in [7, 11) is 0. The van der Waals surface area contributed by atoms with Crippen LogP contribution in [0.1, 0.15) is 40.0 Å². The molecular formula is C12H24N2O. The SMILES string of the molecule is CCNCCOCCCCC(C)(C)C#N. The highest BCUT2D eigenvalue weighted by Crippen LogP contribution is 2.21. The third-order valence-corrected chi connectivity index (χ3v) is 2.32. The van der Waals surface area contributed by atoms with Crippen LogP contribution in [-0.4, -0.2) is 26.3 Å². The summed E-state index contributed by atoms with van der Waals surface area (Å²) in [4.78, 5) is 0. The number of nitrogens with zero attached hydrogens (tertiary/aromatic N) is 1. The summed E-state index contributed by atoms with van der Waals surface area (Å²) in [6.45, 7) is 9.59. The number of hydrogen-bond acceptors (Lipinski definition) is 3. The van der Waals surface area contributed by atoms with Gasteiger partial charge in [-0.15, -0.1) is 0 Å². The van der Waals surface area contributed by atoms with Gasteiger partial charge in [-0.05, 0) is 39.7 Å². The lowest BCUT2D eigenvalue weighted by Crippen LogP contribution is -2.19. The molecule has 0 bridgehead atoms. The van der Waals surface area contributed by atoms with Crippen LogP contribution in [0.5, 0.6) is 0 Å². The van der Waals surface area contributed by atoms with Gasteiger partial charge < -0.3 is 10.1 Å². The van der Waals surface area contributed by atoms with Crippen molar-refractivity contribution in [3.63, 3.8) is 0 Å². The molecule has 15 heavy (non-hydrogen) atoms. The lowest BCUT2D eigenvalue weighted by atomic mass is 9.89. The molecule has 0 spiro atoms. The molecule has 0 radical (unpaired) electrons. The van der Waals surface area contributed by atoms with Crippen molar-refractivity contribution in [2.24, 2.45) is 5.41 Å². The molecule has 88 valence electrons. The highest BCUT2D eigenvalue weighted by Gasteiger charge is 2.15. The highest BCUT2D eigenvalue weighted by atomic mass is 16.5. The van der Waals surface area contributed by atoms with Crippen molar-refractivity contribution >= 4 is 0 Å². The topological polar surface area (TPSA) is 45.0 Å². The minimum atomic E-state index is -0.177. The van der Waals surface area contributed by atoms with Gasteiger partial charge in [0.15, 0.2) is 0 Å². The molecule has 0 rings (SSSR count). The van der Waals surface area contributed by atoms with Crippen molar-refractivity contribution in [1.82, 2.24) is 5.32 Å². The Hall–Kier alpha value is -0.590. The number of likely N-dealkylation sites (N-methyl/N-ethyl adjacent to an activating group) is 1. The summed E-state index contributed by atoms with van der Waals surface area (Å²) >= 11 is 0. The molecule has 1 N–H and O–H groups in total. The molecule has 0 aliphatic rings. The van der Waals surface area contributed by atoms with Crippen LogP contribution in [0.15, 0.2) is 0 Å². The predicted molar refractivity (Wildman–Crippen MR) is 62.6 cm³/mol. The van der Waals surface area contributed by atoms with E-state index in [1.54, 1.807) is 0 Å². The summed E-state index contributed by atoms with van der Waals surface area (Å²) in [5.41, 5.74) is -0.177. The quantitative estimate of drug-likeness (QED) is 0.597. The van der Waals surface area contributed by atoms with Crippen molar-refractivity contribution in [3.8, 4) is 6.07 Å². The van der Waals surface area contributed by atoms with Gasteiger partial charge in [0.2, 0.25) is 0 Å². The lowest BCUT2D eigenvalue weighted by molar-refractivity contribution is 0.130. The smallest absolute Gasteiger partial charge is 0.0683 e. The van der Waals surface area contributed by atoms with Gasteiger partial charge in [-0.2, -0.15) is 5.26 Å². The fourth-order valence-corrected chi connectivity index (χ4v) is 1.25. The maximum Gasteiger partial charge on any atom is 0.0683 e. The second-order valence-electron chi connectivity index (χ2n) is 4.42. The molecule has 3 nitrogen and oxygen atoms in total. The second kappa shape index (κ2) is 8.70. The van der Waals surface area contributed by atoms with Crippen molar-refractivity contribution in [2.45, 2.75) is 40.0 Å². The molecule has 3 heteroatoms. The zero-order chi connectivity index (χ0) is 11.6. The number of hydrogen-bond donors (Lipinski definition) is 1. The molecule has 0 aromatic rings. The van der Waals surface area contributed by atoms with Crippen molar-refractivity contribution in [3.05, 3.63) is 0 Å². The van der Waals surface area contributed by atoms with Crippen LogP contribution in [0, 0.1) is 16.7 Å². The first-order chi connectivity index (χ1) is 7.12. The molecule has 0 aliphatic carbocycles. The molecule has 0 unspecified atom stereocenters. The van der Waals surface area contributed by atoms with Crippen LogP contribution in [0.25, 0.3) is 0 Å². The predicted octanol–water partition coefficient (Wildman–Crippen LogP) is 2.33. The van der Waals surface area contributed by atoms with Gasteiger partial charge in [0, 0.05) is 13.2 Å². The highest BCUT2D eigenvalue weighted by molar-refractivity contribution is 4.91. The zero-order valence-electron chi connectivity index (χ0n) is 10.3. The van der Waals surface area contributed by atoms with Crippen LogP contribution in [0.3, 0.4) is 0 Å². The molecule has 0 aromatic heterocycles. The maximum absolute atomic E-state index is 8.80. The van der Waals surface area contributed by atoms with E-state index in [1.807, 2.05) is 13.8 Å². The van der Waals surface area contributed by atoms with Gasteiger partial charge >= 0.3 is 0 Å². The fraction of sp³-hybridized carbons (Fsp3) is 0.917. The largest absolute Gasteiger partial charge is 0.380 e. The molecule has 0 aliphatic heterocycles. The van der Waals surface area contributed by atoms with E-state index in [0.29, 0.717) is 0 Å². The van der Waals surface area contributed by atoms with Crippen molar-refractivity contribution < 1.29 is 4.74 Å². The Labute approximate surface area is 93.8 Å². The van der Waals surface area contributed by atoms with Gasteiger partial charge in [0.25, 0.3) is 0 Å². The molecule has 0 aromatic carbocycles. The third kappa shape index (κ3) is 9.71. The minimum Gasteiger partial charge on any atom is -0.380 e. The summed E-state index contributed by atoms with van der Waals surface area (Å²) in [5.74, 6) is 0. The van der Waals surface area contributed by atoms with Crippen LogP contribution in [0.4, 0.5) is 0 Å². The number of rotatable bonds is 9. The van der Waals surface area contributed by atoms with Crippen LogP contribution >= 0.6 is 0 Å². The van der Waals surface area contributed by atoms with Crippen molar-refractivity contribution in [1.29, 1.82) is 5.26 Å². The summed E-state index contributed by atoms with van der Waals surface area (Å²) in [6.07, 6.45) is 3.08. The number of ether oxygens (including phenoxy) is 1.